The molecule has 0 amide bonds. The summed E-state index contributed by atoms with van der Waals surface area (Å²) in [5, 5.41) is 4.41. The van der Waals surface area contributed by atoms with Gasteiger partial charge in [0, 0.05) is 0 Å². The molecule has 0 aliphatic carbocycles. The van der Waals surface area contributed by atoms with Crippen molar-refractivity contribution < 1.29 is 21.1 Å². The molecule has 0 fully saturated rings. The van der Waals surface area contributed by atoms with E-state index in [1.54, 1.807) is 0 Å². The molecule has 41 heavy (non-hydrogen) atoms. The second-order valence-corrected chi connectivity index (χ2v) is 10.9. The van der Waals surface area contributed by atoms with Crippen molar-refractivity contribution >= 4 is 24.3 Å². The Balaban J connectivity index is 0.00000387. The van der Waals surface area contributed by atoms with E-state index in [9.17, 15) is 0 Å². The molecule has 0 atom stereocenters. The molecule has 0 radical (unpaired) electrons. The Kier molecular flexibility index (Phi) is 10.0. The molecule has 5 rings (SSSR count). The average molecular weight is 727 g/mol. The Bertz CT molecular complexity index is 1530. The zero-order valence-electron chi connectivity index (χ0n) is 26.2. The monoisotopic (exact) mass is 726 g/mol. The minimum atomic E-state index is 0. The van der Waals surface area contributed by atoms with Crippen LogP contribution >= 0.6 is 0 Å². The largest absolute Gasteiger partial charge is 4.00 e. The molecular formula is C37H45N3Pt. The Morgan fingerprint density at radius 1 is 0.390 bits per heavy atom. The minimum absolute atomic E-state index is 0. The maximum absolute atomic E-state index is 5.29. The van der Waals surface area contributed by atoms with Crippen molar-refractivity contribution in [2.45, 2.75) is 107 Å². The van der Waals surface area contributed by atoms with E-state index in [-0.39, 0.29) is 21.1 Å². The summed E-state index contributed by atoms with van der Waals surface area (Å²) in [4.78, 5) is 15.9. The van der Waals surface area contributed by atoms with Crippen molar-refractivity contribution in [3.05, 3.63) is 94.5 Å². The van der Waals surface area contributed by atoms with Gasteiger partial charge in [-0.3, -0.25) is 0 Å². The molecule has 0 saturated heterocycles. The predicted molar refractivity (Wildman–Crippen MR) is 169 cm³/mol. The van der Waals surface area contributed by atoms with E-state index in [2.05, 4.69) is 85.8 Å². The fourth-order valence-corrected chi connectivity index (χ4v) is 7.14. The predicted octanol–water partition coefficient (Wildman–Crippen LogP) is 4.40. The number of aromatic nitrogens is 3. The third-order valence-corrected chi connectivity index (χ3v) is 9.00. The first-order chi connectivity index (χ1) is 19.5. The van der Waals surface area contributed by atoms with Gasteiger partial charge in [0.05, 0.1) is 0 Å². The summed E-state index contributed by atoms with van der Waals surface area (Å²) < 4.78 is 0. The fourth-order valence-electron chi connectivity index (χ4n) is 7.14. The summed E-state index contributed by atoms with van der Waals surface area (Å²) in [6.07, 6.45) is 17.1. The van der Waals surface area contributed by atoms with Gasteiger partial charge in [-0.2, -0.15) is 10.7 Å². The van der Waals surface area contributed by atoms with E-state index >= 15 is 0 Å². The zero-order valence-corrected chi connectivity index (χ0v) is 28.5. The second-order valence-electron chi connectivity index (χ2n) is 10.9. The first-order valence-corrected chi connectivity index (χ1v) is 15.7. The number of rotatable bonds is 8. The van der Waals surface area contributed by atoms with Crippen LogP contribution in [-0.4, -0.2) is 0 Å². The number of fused-ring (bicyclic) bond motifs is 8. The van der Waals surface area contributed by atoms with E-state index in [1.807, 2.05) is 0 Å². The molecular weight excluding hydrogens is 682 g/mol. The van der Waals surface area contributed by atoms with Crippen molar-refractivity contribution in [3.63, 3.8) is 0 Å². The molecule has 3 aromatic heterocycles. The first-order valence-electron chi connectivity index (χ1n) is 15.7. The maximum atomic E-state index is 5.29. The van der Waals surface area contributed by atoms with Gasteiger partial charge in [-0.1, -0.05) is 114 Å². The van der Waals surface area contributed by atoms with Gasteiger partial charge in [-0.15, -0.1) is 62.6 Å². The molecule has 4 heterocycles. The van der Waals surface area contributed by atoms with Crippen molar-refractivity contribution in [1.82, 2.24) is 15.0 Å². The van der Waals surface area contributed by atoms with Crippen molar-refractivity contribution in [2.75, 3.05) is 0 Å². The van der Waals surface area contributed by atoms with Gasteiger partial charge < -0.3 is 15.0 Å². The van der Waals surface area contributed by atoms with Crippen LogP contribution in [0.15, 0.2) is 6.07 Å². The van der Waals surface area contributed by atoms with Gasteiger partial charge in [-0.05, 0) is 38.5 Å². The second kappa shape index (κ2) is 13.1. The third kappa shape index (κ3) is 5.36. The average Bonchev–Trinajstić information content (AvgIpc) is 3.67. The van der Waals surface area contributed by atoms with Crippen molar-refractivity contribution in [2.24, 2.45) is 0 Å². The number of hydrogen-bond donors (Lipinski definition) is 0. The van der Waals surface area contributed by atoms with Crippen LogP contribution in [0.3, 0.4) is 0 Å². The standard InChI is InChI=1S/C37H45N3.Pt/c1-9-24-22-17-23(25(24)10-2)19-33-27(12-4)29(14-6)35(39-33)21-37-31(16-8)30(15-7)36(40-37)20-34-28(13-5)26(11-3)32(18-22)38-34;/h17-21H,9-16H2,1-8H3;/q-4;+4/b22-18?,23-19?,32-18-,33-19-,34-20-,35-21-,36-20?,37-21?;. The summed E-state index contributed by atoms with van der Waals surface area (Å²) in [5.74, 6) is 0. The van der Waals surface area contributed by atoms with Crippen LogP contribution in [0.2, 0.25) is 0 Å². The zero-order chi connectivity index (χ0) is 28.6. The number of hydrogen-bond acceptors (Lipinski definition) is 0. The topological polar surface area (TPSA) is 42.3 Å². The van der Waals surface area contributed by atoms with E-state index in [1.165, 1.54) is 55.6 Å². The van der Waals surface area contributed by atoms with Gasteiger partial charge in [0.2, 0.25) is 0 Å². The molecule has 8 bridgehead atoms. The quantitative estimate of drug-likeness (QED) is 0.223. The Morgan fingerprint density at radius 3 is 0.976 bits per heavy atom. The van der Waals surface area contributed by atoms with Crippen LogP contribution in [0, 0.1) is 0 Å². The Morgan fingerprint density at radius 2 is 0.683 bits per heavy atom. The Labute approximate surface area is 260 Å². The summed E-state index contributed by atoms with van der Waals surface area (Å²) in [6, 6.07) is 2.39. The summed E-state index contributed by atoms with van der Waals surface area (Å²) in [7, 11) is 0. The molecule has 3 nitrogen and oxygen atoms in total. The molecule has 1 aliphatic rings. The van der Waals surface area contributed by atoms with Gasteiger partial charge in [0.1, 0.15) is 0 Å². The molecule has 218 valence electrons. The number of nitrogens with zero attached hydrogens (tertiary/aromatic N) is 3. The van der Waals surface area contributed by atoms with E-state index in [4.69, 9.17) is 15.0 Å². The van der Waals surface area contributed by atoms with Crippen molar-refractivity contribution in [1.29, 1.82) is 0 Å². The van der Waals surface area contributed by atoms with Crippen LogP contribution in [0.25, 0.3) is 24.3 Å². The van der Waals surface area contributed by atoms with Gasteiger partial charge >= 0.3 is 21.1 Å². The fraction of sp³-hybridized carbons (Fsp3) is 0.432. The van der Waals surface area contributed by atoms with E-state index < -0.39 is 0 Å². The minimum Gasteiger partial charge on any atom is -0.664 e. The molecule has 0 unspecified atom stereocenters. The first kappa shape index (κ1) is 31.3. The molecule has 0 N–H and O–H groups in total. The van der Waals surface area contributed by atoms with Crippen LogP contribution in [0.5, 0.6) is 0 Å². The smallest absolute Gasteiger partial charge is 0.664 e. The Hall–Kier alpha value is -2.64. The molecule has 0 saturated carbocycles. The van der Waals surface area contributed by atoms with Crippen LogP contribution in [0.4, 0.5) is 0 Å². The van der Waals surface area contributed by atoms with Gasteiger partial charge in [0.25, 0.3) is 0 Å². The normalized spacial score (nSPS) is 15.6. The SMILES string of the molecule is CCc1c2[cH-]c(c1CC)/C=c1\[n-]/c(c(CC)c1CC)=C\c1[n-]c(c(CC)c1CC)/C=c1\[n-]/c(c(CC)c1CC)=C\2.[Pt+4]. The molecule has 0 spiro atoms. The molecule has 4 heteroatoms. The maximum Gasteiger partial charge on any atom is 4.00 e. The molecule has 4 aromatic rings. The molecule has 1 aliphatic heterocycles. The van der Waals surface area contributed by atoms with Gasteiger partial charge in [-0.25, -0.2) is 0 Å². The van der Waals surface area contributed by atoms with E-state index in [0.29, 0.717) is 0 Å². The summed E-state index contributed by atoms with van der Waals surface area (Å²) in [5.41, 5.74) is 15.8. The van der Waals surface area contributed by atoms with Crippen LogP contribution < -0.4 is 36.3 Å². The van der Waals surface area contributed by atoms with Crippen LogP contribution in [0.1, 0.15) is 122 Å². The van der Waals surface area contributed by atoms with Crippen molar-refractivity contribution in [3.8, 4) is 0 Å². The van der Waals surface area contributed by atoms with E-state index in [0.717, 1.165) is 84.2 Å². The molecule has 1 aromatic carbocycles. The summed E-state index contributed by atoms with van der Waals surface area (Å²) >= 11 is 0. The van der Waals surface area contributed by atoms with Crippen LogP contribution in [-0.2, 0) is 72.4 Å². The third-order valence-electron chi connectivity index (χ3n) is 9.00. The summed E-state index contributed by atoms with van der Waals surface area (Å²) in [6.45, 7) is 18.1. The van der Waals surface area contributed by atoms with Gasteiger partial charge in [0.15, 0.2) is 0 Å².